The topological polar surface area (TPSA) is 95.6 Å². The third kappa shape index (κ3) is 4.72. The van der Waals surface area contributed by atoms with E-state index in [1.165, 1.54) is 60.2 Å². The number of fused-ring (bicyclic) bond motifs is 4. The maximum atomic E-state index is 10.6. The summed E-state index contributed by atoms with van der Waals surface area (Å²) in [7, 11) is 0. The summed E-state index contributed by atoms with van der Waals surface area (Å²) in [5.74, 6) is -1.22. The Kier molecular flexibility index (Phi) is 6.25. The fraction of sp³-hybridized carbons (Fsp3) is 0.650. The number of hydrogen-bond acceptors (Lipinski definition) is 7. The van der Waals surface area contributed by atoms with Gasteiger partial charge in [-0.3, -0.25) is 4.90 Å². The highest BCUT2D eigenvalue weighted by Gasteiger charge is 2.38. The zero-order valence-corrected chi connectivity index (χ0v) is 17.9. The molecule has 2 saturated heterocycles. The van der Waals surface area contributed by atoms with Crippen molar-refractivity contribution >= 4 is 39.3 Å². The van der Waals surface area contributed by atoms with Crippen LogP contribution < -0.4 is 10.6 Å². The number of rotatable bonds is 1. The zero-order valence-electron chi connectivity index (χ0n) is 17.1. The van der Waals surface area contributed by atoms with Gasteiger partial charge in [-0.05, 0) is 50.6 Å². The number of aromatic nitrogens is 2. The number of hydrogen-bond donors (Lipinski definition) is 2. The highest BCUT2D eigenvalue weighted by molar-refractivity contribution is 7.19. The lowest BCUT2D eigenvalue weighted by Gasteiger charge is -2.44. The van der Waals surface area contributed by atoms with Crippen molar-refractivity contribution in [2.75, 3.05) is 36.8 Å². The van der Waals surface area contributed by atoms with E-state index in [2.05, 4.69) is 14.8 Å². The van der Waals surface area contributed by atoms with Crippen molar-refractivity contribution in [2.45, 2.75) is 57.2 Å². The van der Waals surface area contributed by atoms with Crippen LogP contribution in [-0.2, 0) is 17.6 Å². The summed E-state index contributed by atoms with van der Waals surface area (Å²) in [6, 6.07) is 0.688. The number of nitrogen functional groups attached to an aromatic ring is 1. The van der Waals surface area contributed by atoms with Gasteiger partial charge in [0.1, 0.15) is 0 Å². The molecule has 11 heteroatoms. The highest BCUT2D eigenvalue weighted by Crippen LogP contribution is 2.40. The Balaban J connectivity index is 0.000000289. The number of nitrogens with zero attached hydrogens (tertiary/aromatic N) is 4. The van der Waals surface area contributed by atoms with E-state index < -0.39 is 12.1 Å². The molecule has 0 spiro atoms. The minimum absolute atomic E-state index is 0.440. The summed E-state index contributed by atoms with van der Waals surface area (Å²) in [5, 5.41) is 7.12. The molecule has 2 aromatic heterocycles. The summed E-state index contributed by atoms with van der Waals surface area (Å²) >= 11 is 1.92. The molecule has 0 radical (unpaired) electrons. The quantitative estimate of drug-likeness (QED) is 0.677. The summed E-state index contributed by atoms with van der Waals surface area (Å²) in [5.41, 5.74) is 8.69. The number of alkyl halides is 3. The second kappa shape index (κ2) is 8.78. The first-order valence-corrected chi connectivity index (χ1v) is 11.4. The number of halogens is 3. The molecule has 2 fully saturated rings. The molecule has 3 aliphatic rings. The van der Waals surface area contributed by atoms with Crippen molar-refractivity contribution in [1.29, 1.82) is 0 Å². The number of piperazine rings is 1. The van der Waals surface area contributed by atoms with Crippen LogP contribution in [-0.4, -0.2) is 64.3 Å². The van der Waals surface area contributed by atoms with Gasteiger partial charge in [-0.1, -0.05) is 6.42 Å². The van der Waals surface area contributed by atoms with Crippen LogP contribution in [0, 0.1) is 0 Å². The first kappa shape index (κ1) is 22.1. The van der Waals surface area contributed by atoms with Gasteiger partial charge in [0, 0.05) is 30.6 Å². The van der Waals surface area contributed by atoms with Gasteiger partial charge >= 0.3 is 12.1 Å². The number of carboxylic acids is 1. The zero-order chi connectivity index (χ0) is 22.2. The summed E-state index contributed by atoms with van der Waals surface area (Å²) in [4.78, 5) is 24.9. The molecule has 1 aliphatic carbocycles. The molecule has 0 saturated carbocycles. The van der Waals surface area contributed by atoms with Gasteiger partial charge in [0.2, 0.25) is 5.95 Å². The fourth-order valence-electron chi connectivity index (χ4n) is 4.68. The molecule has 1 unspecified atom stereocenters. The number of aliphatic carboxylic acids is 1. The second-order valence-electron chi connectivity index (χ2n) is 8.23. The van der Waals surface area contributed by atoms with Crippen LogP contribution in [0.15, 0.2) is 0 Å². The van der Waals surface area contributed by atoms with E-state index in [9.17, 15) is 13.2 Å². The molecule has 0 bridgehead atoms. The predicted octanol–water partition coefficient (Wildman–Crippen LogP) is 3.46. The molecule has 2 aromatic rings. The minimum Gasteiger partial charge on any atom is -0.475 e. The molecule has 1 atom stereocenters. The van der Waals surface area contributed by atoms with Gasteiger partial charge in [-0.25, -0.2) is 9.78 Å². The highest BCUT2D eigenvalue weighted by atomic mass is 32.1. The van der Waals surface area contributed by atoms with E-state index >= 15 is 0 Å². The van der Waals surface area contributed by atoms with Gasteiger partial charge in [0.25, 0.3) is 0 Å². The number of carbonyl (C=O) groups is 1. The van der Waals surface area contributed by atoms with Crippen molar-refractivity contribution in [1.82, 2.24) is 14.9 Å². The molecule has 31 heavy (non-hydrogen) atoms. The predicted molar refractivity (Wildman–Crippen MR) is 114 cm³/mol. The number of piperidine rings is 1. The molecule has 0 aromatic carbocycles. The number of aryl methyl sites for hydroxylation is 2. The number of thiophene rings is 1. The molecular weight excluding hydrogens is 431 g/mol. The summed E-state index contributed by atoms with van der Waals surface area (Å²) in [6.07, 6.45) is 3.90. The van der Waals surface area contributed by atoms with E-state index in [-0.39, 0.29) is 0 Å². The molecule has 5 rings (SSSR count). The Morgan fingerprint density at radius 1 is 1.10 bits per heavy atom. The lowest BCUT2D eigenvalue weighted by Crippen LogP contribution is -2.55. The second-order valence-corrected chi connectivity index (χ2v) is 9.33. The van der Waals surface area contributed by atoms with Crippen molar-refractivity contribution in [2.24, 2.45) is 0 Å². The maximum Gasteiger partial charge on any atom is 0.490 e. The van der Waals surface area contributed by atoms with Crippen molar-refractivity contribution in [3.8, 4) is 0 Å². The first-order valence-electron chi connectivity index (χ1n) is 10.6. The van der Waals surface area contributed by atoms with Crippen molar-refractivity contribution in [3.63, 3.8) is 0 Å². The van der Waals surface area contributed by atoms with Crippen molar-refractivity contribution < 1.29 is 23.1 Å². The lowest BCUT2D eigenvalue weighted by atomic mass is 9.98. The number of anilines is 2. The monoisotopic (exact) mass is 457 g/mol. The van der Waals surface area contributed by atoms with Crippen LogP contribution in [0.25, 0.3) is 10.2 Å². The molecule has 170 valence electrons. The Bertz CT molecular complexity index is 964. The standard InChI is InChI=1S/C18H25N5S.C2HF3O2/c19-18-20-15-13-6-1-2-7-14(13)24-16(15)17(21-18)23-10-9-22-8-4-3-5-12(22)11-23;3-2(4,5)1(6)7/h12H,1-11H2,(H2,19,20,21);(H,6,7). The maximum absolute atomic E-state index is 10.6. The van der Waals surface area contributed by atoms with Crippen LogP contribution in [0.5, 0.6) is 0 Å². The van der Waals surface area contributed by atoms with Crippen LogP contribution in [0.4, 0.5) is 24.9 Å². The Labute approximate surface area is 182 Å². The van der Waals surface area contributed by atoms with E-state index in [0.29, 0.717) is 12.0 Å². The van der Waals surface area contributed by atoms with E-state index in [1.54, 1.807) is 0 Å². The van der Waals surface area contributed by atoms with Gasteiger partial charge in [-0.15, -0.1) is 11.3 Å². The lowest BCUT2D eigenvalue weighted by molar-refractivity contribution is -0.192. The molecule has 2 aliphatic heterocycles. The third-order valence-electron chi connectivity index (χ3n) is 6.17. The number of nitrogens with two attached hydrogens (primary N) is 1. The molecule has 4 heterocycles. The Morgan fingerprint density at radius 2 is 1.84 bits per heavy atom. The molecular formula is C20H26F3N5O2S. The van der Waals surface area contributed by atoms with E-state index in [1.807, 2.05) is 11.3 Å². The third-order valence-corrected chi connectivity index (χ3v) is 7.45. The van der Waals surface area contributed by atoms with Gasteiger partial charge in [-0.2, -0.15) is 18.2 Å². The van der Waals surface area contributed by atoms with Crippen LogP contribution in [0.1, 0.15) is 42.5 Å². The van der Waals surface area contributed by atoms with E-state index in [4.69, 9.17) is 20.6 Å². The average Bonchev–Trinajstić information content (AvgIpc) is 3.11. The van der Waals surface area contributed by atoms with Crippen molar-refractivity contribution in [3.05, 3.63) is 10.4 Å². The first-order chi connectivity index (χ1) is 14.7. The van der Waals surface area contributed by atoms with Crippen LogP contribution >= 0.6 is 11.3 Å². The molecule has 7 nitrogen and oxygen atoms in total. The molecule has 3 N–H and O–H groups in total. The summed E-state index contributed by atoms with van der Waals surface area (Å²) in [6.45, 7) is 4.58. The van der Waals surface area contributed by atoms with Gasteiger partial charge in [0.05, 0.1) is 10.2 Å². The minimum atomic E-state index is -5.08. The van der Waals surface area contributed by atoms with Crippen LogP contribution in [0.2, 0.25) is 0 Å². The van der Waals surface area contributed by atoms with E-state index in [0.717, 1.165) is 37.4 Å². The molecule has 0 amide bonds. The summed E-state index contributed by atoms with van der Waals surface area (Å²) < 4.78 is 33.0. The van der Waals surface area contributed by atoms with Gasteiger partial charge < -0.3 is 15.7 Å². The Morgan fingerprint density at radius 3 is 2.58 bits per heavy atom. The Hall–Kier alpha value is -2.14. The largest absolute Gasteiger partial charge is 0.490 e. The normalized spacial score (nSPS) is 21.8. The SMILES string of the molecule is Nc1nc(N2CCN3CCCCC3C2)c2sc3c(c2n1)CCCC3.O=C(O)C(F)(F)F. The van der Waals surface area contributed by atoms with Crippen LogP contribution in [0.3, 0.4) is 0 Å². The average molecular weight is 458 g/mol. The number of carboxylic acid groups (broad SMARTS) is 1. The fourth-order valence-corrected chi connectivity index (χ4v) is 6.03. The smallest absolute Gasteiger partial charge is 0.475 e. The van der Waals surface area contributed by atoms with Gasteiger partial charge in [0.15, 0.2) is 5.82 Å².